The Bertz CT molecular complexity index is 1340. The molecular formula is C25H22Cl2N4O2S. The molecule has 4 aromatic rings. The van der Waals surface area contributed by atoms with Crippen LogP contribution in [0.5, 0.6) is 0 Å². The van der Waals surface area contributed by atoms with Crippen LogP contribution in [0.15, 0.2) is 65.8 Å². The summed E-state index contributed by atoms with van der Waals surface area (Å²) < 4.78 is 1.86. The lowest BCUT2D eigenvalue weighted by molar-refractivity contribution is -0.118. The van der Waals surface area contributed by atoms with Crippen LogP contribution in [0.25, 0.3) is 16.5 Å². The van der Waals surface area contributed by atoms with Crippen molar-refractivity contribution in [3.63, 3.8) is 0 Å². The van der Waals surface area contributed by atoms with Gasteiger partial charge in [-0.15, -0.1) is 10.2 Å². The molecule has 9 heteroatoms. The van der Waals surface area contributed by atoms with Crippen LogP contribution >= 0.6 is 35.0 Å². The Kier molecular flexibility index (Phi) is 7.88. The second-order valence-corrected chi connectivity index (χ2v) is 9.54. The summed E-state index contributed by atoms with van der Waals surface area (Å²) in [5.74, 6) is 0.828. The quantitative estimate of drug-likeness (QED) is 0.175. The fourth-order valence-corrected chi connectivity index (χ4v) is 4.95. The molecule has 0 aliphatic heterocycles. The van der Waals surface area contributed by atoms with Gasteiger partial charge in [0.15, 0.2) is 10.9 Å². The molecule has 1 aromatic heterocycles. The molecule has 0 aliphatic rings. The molecule has 0 saturated heterocycles. The van der Waals surface area contributed by atoms with E-state index >= 15 is 0 Å². The van der Waals surface area contributed by atoms with E-state index in [1.165, 1.54) is 18.7 Å². The SMILES string of the molecule is CC(=O)NCCCc1nnc(SCC(=O)c2ccc3ccccc3c2)n1-c1cc(Cl)cc(Cl)c1. The predicted octanol–water partition coefficient (Wildman–Crippen LogP) is 5.77. The van der Waals surface area contributed by atoms with Gasteiger partial charge < -0.3 is 5.32 Å². The Morgan fingerprint density at radius 3 is 2.44 bits per heavy atom. The molecule has 0 radical (unpaired) electrons. The minimum atomic E-state index is -0.0773. The van der Waals surface area contributed by atoms with E-state index < -0.39 is 0 Å². The number of aryl methyl sites for hydroxylation is 1. The number of hydrogen-bond acceptors (Lipinski definition) is 5. The first-order valence-corrected chi connectivity index (χ1v) is 12.4. The first-order chi connectivity index (χ1) is 16.4. The van der Waals surface area contributed by atoms with Gasteiger partial charge in [0, 0.05) is 35.5 Å². The summed E-state index contributed by atoms with van der Waals surface area (Å²) in [5.41, 5.74) is 1.37. The molecule has 4 rings (SSSR count). The van der Waals surface area contributed by atoms with Crippen LogP contribution in [0.1, 0.15) is 29.5 Å². The number of ketones is 1. The molecule has 0 bridgehead atoms. The van der Waals surface area contributed by atoms with Gasteiger partial charge in [0.2, 0.25) is 5.91 Å². The summed E-state index contributed by atoms with van der Waals surface area (Å²) in [6.07, 6.45) is 1.27. The fraction of sp³-hybridized carbons (Fsp3) is 0.200. The highest BCUT2D eigenvalue weighted by Gasteiger charge is 2.17. The molecule has 3 aromatic carbocycles. The first kappa shape index (κ1) is 24.3. The number of carbonyl (C=O) groups excluding carboxylic acids is 2. The second kappa shape index (κ2) is 11.0. The van der Waals surface area contributed by atoms with Gasteiger partial charge in [0.05, 0.1) is 11.4 Å². The number of carbonyl (C=O) groups is 2. The maximum Gasteiger partial charge on any atom is 0.216 e. The third-order valence-corrected chi connectivity index (χ3v) is 6.53. The van der Waals surface area contributed by atoms with Gasteiger partial charge in [0.1, 0.15) is 5.82 Å². The summed E-state index contributed by atoms with van der Waals surface area (Å²) in [4.78, 5) is 24.1. The highest BCUT2D eigenvalue weighted by molar-refractivity contribution is 7.99. The van der Waals surface area contributed by atoms with Gasteiger partial charge in [-0.1, -0.05) is 71.4 Å². The second-order valence-electron chi connectivity index (χ2n) is 7.72. The monoisotopic (exact) mass is 512 g/mol. The summed E-state index contributed by atoms with van der Waals surface area (Å²) in [6.45, 7) is 2.01. The Morgan fingerprint density at radius 2 is 1.71 bits per heavy atom. The Morgan fingerprint density at radius 1 is 0.971 bits per heavy atom. The number of Topliss-reactive ketones (excluding diaryl/α,β-unsaturated/α-hetero) is 1. The van der Waals surface area contributed by atoms with Crippen LogP contribution in [0.3, 0.4) is 0 Å². The van der Waals surface area contributed by atoms with Gasteiger partial charge in [-0.3, -0.25) is 14.2 Å². The first-order valence-electron chi connectivity index (χ1n) is 10.7. The van der Waals surface area contributed by atoms with Crippen molar-refractivity contribution in [2.75, 3.05) is 12.3 Å². The number of thioether (sulfide) groups is 1. The Hall–Kier alpha value is -2.87. The van der Waals surface area contributed by atoms with Crippen molar-refractivity contribution in [3.8, 4) is 5.69 Å². The molecule has 1 N–H and O–H groups in total. The zero-order valence-electron chi connectivity index (χ0n) is 18.4. The van der Waals surface area contributed by atoms with Crippen LogP contribution in [0.2, 0.25) is 10.0 Å². The maximum atomic E-state index is 12.9. The number of benzene rings is 3. The number of hydrogen-bond donors (Lipinski definition) is 1. The molecule has 1 amide bonds. The number of nitrogens with zero attached hydrogens (tertiary/aromatic N) is 3. The minimum Gasteiger partial charge on any atom is -0.356 e. The lowest BCUT2D eigenvalue weighted by Crippen LogP contribution is -2.21. The minimum absolute atomic E-state index is 0.00152. The van der Waals surface area contributed by atoms with Crippen molar-refractivity contribution in [2.45, 2.75) is 24.9 Å². The van der Waals surface area contributed by atoms with Crippen LogP contribution in [0, 0.1) is 0 Å². The maximum absolute atomic E-state index is 12.9. The van der Waals surface area contributed by atoms with Crippen molar-refractivity contribution < 1.29 is 9.59 Å². The molecular weight excluding hydrogens is 491 g/mol. The number of halogens is 2. The topological polar surface area (TPSA) is 76.9 Å². The highest BCUT2D eigenvalue weighted by atomic mass is 35.5. The van der Waals surface area contributed by atoms with Crippen molar-refractivity contribution in [1.82, 2.24) is 20.1 Å². The average Bonchev–Trinajstić information content (AvgIpc) is 3.22. The van der Waals surface area contributed by atoms with Crippen LogP contribution in [-0.2, 0) is 11.2 Å². The summed E-state index contributed by atoms with van der Waals surface area (Å²) in [5, 5.41) is 15.1. The third kappa shape index (κ3) is 5.97. The van der Waals surface area contributed by atoms with Gasteiger partial charge in [-0.25, -0.2) is 0 Å². The number of fused-ring (bicyclic) bond motifs is 1. The van der Waals surface area contributed by atoms with Crippen molar-refractivity contribution in [2.24, 2.45) is 0 Å². The van der Waals surface area contributed by atoms with Crippen molar-refractivity contribution in [3.05, 3.63) is 82.1 Å². The predicted molar refractivity (Wildman–Crippen MR) is 137 cm³/mol. The number of nitrogens with one attached hydrogen (secondary N) is 1. The molecule has 0 saturated carbocycles. The Labute approximate surface area is 211 Å². The molecule has 0 atom stereocenters. The molecule has 0 aliphatic carbocycles. The van der Waals surface area contributed by atoms with Crippen LogP contribution in [0.4, 0.5) is 0 Å². The van der Waals surface area contributed by atoms with E-state index in [1.54, 1.807) is 18.2 Å². The lowest BCUT2D eigenvalue weighted by Gasteiger charge is -2.11. The van der Waals surface area contributed by atoms with Crippen molar-refractivity contribution in [1.29, 1.82) is 0 Å². The van der Waals surface area contributed by atoms with Gasteiger partial charge >= 0.3 is 0 Å². The van der Waals surface area contributed by atoms with E-state index in [0.29, 0.717) is 46.0 Å². The smallest absolute Gasteiger partial charge is 0.216 e. The van der Waals surface area contributed by atoms with Crippen molar-refractivity contribution >= 4 is 57.4 Å². The number of amides is 1. The molecule has 6 nitrogen and oxygen atoms in total. The molecule has 1 heterocycles. The molecule has 174 valence electrons. The fourth-order valence-electron chi connectivity index (χ4n) is 3.57. The zero-order chi connectivity index (χ0) is 24.1. The normalized spacial score (nSPS) is 11.0. The molecule has 0 unspecified atom stereocenters. The van der Waals surface area contributed by atoms with Crippen LogP contribution in [-0.4, -0.2) is 38.8 Å². The average molecular weight is 513 g/mol. The molecule has 0 fully saturated rings. The largest absolute Gasteiger partial charge is 0.356 e. The van der Waals surface area contributed by atoms with Gasteiger partial charge in [-0.2, -0.15) is 0 Å². The van der Waals surface area contributed by atoms with Gasteiger partial charge in [-0.05, 0) is 41.5 Å². The van der Waals surface area contributed by atoms with Crippen LogP contribution < -0.4 is 5.32 Å². The standard InChI is InChI=1S/C25H22Cl2N4O2S/c1-16(32)28-10-4-7-24-29-30-25(31(24)22-13-20(26)12-21(27)14-22)34-15-23(33)19-9-8-17-5-2-3-6-18(17)11-19/h2-3,5-6,8-9,11-14H,4,7,10,15H2,1H3,(H,28,32). The van der Waals surface area contributed by atoms with E-state index in [2.05, 4.69) is 15.5 Å². The molecule has 0 spiro atoms. The lowest BCUT2D eigenvalue weighted by atomic mass is 10.1. The summed E-state index contributed by atoms with van der Waals surface area (Å²) in [6, 6.07) is 18.9. The summed E-state index contributed by atoms with van der Waals surface area (Å²) >= 11 is 13.8. The van der Waals surface area contributed by atoms with E-state index in [1.807, 2.05) is 47.0 Å². The summed E-state index contributed by atoms with van der Waals surface area (Å²) in [7, 11) is 0. The van der Waals surface area contributed by atoms with E-state index in [-0.39, 0.29) is 17.4 Å². The Balaban J connectivity index is 1.56. The van der Waals surface area contributed by atoms with E-state index in [4.69, 9.17) is 23.2 Å². The number of aromatic nitrogens is 3. The van der Waals surface area contributed by atoms with E-state index in [9.17, 15) is 9.59 Å². The van der Waals surface area contributed by atoms with E-state index in [0.717, 1.165) is 16.5 Å². The number of rotatable bonds is 9. The van der Waals surface area contributed by atoms with Gasteiger partial charge in [0.25, 0.3) is 0 Å². The highest BCUT2D eigenvalue weighted by Crippen LogP contribution is 2.28. The zero-order valence-corrected chi connectivity index (χ0v) is 20.8. The molecule has 34 heavy (non-hydrogen) atoms. The third-order valence-electron chi connectivity index (χ3n) is 5.16.